The minimum absolute atomic E-state index is 0.0147. The quantitative estimate of drug-likeness (QED) is 0.653. The second-order valence-electron chi connectivity index (χ2n) is 4.22. The molecule has 0 saturated heterocycles. The fourth-order valence-corrected chi connectivity index (χ4v) is 3.74. The Morgan fingerprint density at radius 2 is 1.90 bits per heavy atom. The van der Waals surface area contributed by atoms with Gasteiger partial charge >= 0.3 is 0 Å². The first-order valence-corrected chi connectivity index (χ1v) is 8.78. The van der Waals surface area contributed by atoms with Crippen LogP contribution in [-0.4, -0.2) is 21.8 Å². The van der Waals surface area contributed by atoms with Crippen LogP contribution in [0, 0.1) is 0 Å². The van der Waals surface area contributed by atoms with Crippen molar-refractivity contribution in [2.24, 2.45) is 0 Å². The first-order valence-electron chi connectivity index (χ1n) is 6.07. The maximum Gasteiger partial charge on any atom is 0.265 e. The van der Waals surface area contributed by atoms with E-state index in [2.05, 4.69) is 4.72 Å². The van der Waals surface area contributed by atoms with Crippen LogP contribution in [0.3, 0.4) is 0 Å². The first kappa shape index (κ1) is 15.5. The molecule has 2 aromatic carbocycles. The van der Waals surface area contributed by atoms with E-state index >= 15 is 0 Å². The highest BCUT2D eigenvalue weighted by atomic mass is 32.2. The average Bonchev–Trinajstić information content (AvgIpc) is 2.47. The van der Waals surface area contributed by atoms with Gasteiger partial charge in [-0.1, -0.05) is 12.1 Å². The van der Waals surface area contributed by atoms with Gasteiger partial charge in [-0.2, -0.15) is 0 Å². The number of hydrogen-bond donors (Lipinski definition) is 2. The van der Waals surface area contributed by atoms with Gasteiger partial charge in [-0.15, -0.1) is 11.8 Å². The van der Waals surface area contributed by atoms with Gasteiger partial charge in [0.25, 0.3) is 10.0 Å². The summed E-state index contributed by atoms with van der Waals surface area (Å²) < 4.78 is 32.8. The lowest BCUT2D eigenvalue weighted by Gasteiger charge is -2.14. The molecule has 7 heteroatoms. The fraction of sp³-hybridized carbons (Fsp3) is 0.143. The van der Waals surface area contributed by atoms with Crippen LogP contribution in [0.2, 0.25) is 0 Å². The number of nitrogens with two attached hydrogens (primary N) is 1. The molecule has 0 bridgehead atoms. The van der Waals surface area contributed by atoms with E-state index in [-0.39, 0.29) is 10.6 Å². The van der Waals surface area contributed by atoms with Crippen molar-refractivity contribution in [3.63, 3.8) is 0 Å². The van der Waals surface area contributed by atoms with Crippen LogP contribution in [0.1, 0.15) is 0 Å². The maximum atomic E-state index is 12.5. The molecule has 0 fully saturated rings. The molecule has 0 atom stereocenters. The van der Waals surface area contributed by atoms with Crippen molar-refractivity contribution in [3.8, 4) is 5.75 Å². The molecule has 0 radical (unpaired) electrons. The number of nitrogens with one attached hydrogen (secondary N) is 1. The Labute approximate surface area is 128 Å². The van der Waals surface area contributed by atoms with E-state index in [1.54, 1.807) is 18.2 Å². The van der Waals surface area contributed by atoms with E-state index < -0.39 is 10.0 Å². The molecule has 0 unspecified atom stereocenters. The summed E-state index contributed by atoms with van der Waals surface area (Å²) in [5.41, 5.74) is 6.55. The van der Waals surface area contributed by atoms with E-state index in [1.807, 2.05) is 18.4 Å². The molecule has 0 spiro atoms. The Morgan fingerprint density at radius 1 is 1.19 bits per heavy atom. The molecule has 21 heavy (non-hydrogen) atoms. The Bertz CT molecular complexity index is 746. The standard InChI is InChI=1S/C14H16N2O3S2/c1-19-12-8-7-10(15)9-14(12)21(17,18)16-11-5-3-4-6-13(11)20-2/h3-9,16H,15H2,1-2H3. The summed E-state index contributed by atoms with van der Waals surface area (Å²) in [5.74, 6) is 0.248. The Balaban J connectivity index is 2.46. The molecule has 0 aromatic heterocycles. The largest absolute Gasteiger partial charge is 0.495 e. The molecule has 0 aliphatic rings. The Hall–Kier alpha value is -1.86. The van der Waals surface area contributed by atoms with Crippen LogP contribution >= 0.6 is 11.8 Å². The van der Waals surface area contributed by atoms with Gasteiger partial charge in [0.1, 0.15) is 10.6 Å². The second-order valence-corrected chi connectivity index (χ2v) is 6.71. The van der Waals surface area contributed by atoms with E-state index in [4.69, 9.17) is 10.5 Å². The van der Waals surface area contributed by atoms with E-state index in [1.165, 1.54) is 31.0 Å². The molecule has 5 nitrogen and oxygen atoms in total. The lowest BCUT2D eigenvalue weighted by Crippen LogP contribution is -2.15. The van der Waals surface area contributed by atoms with Crippen molar-refractivity contribution in [3.05, 3.63) is 42.5 Å². The third kappa shape index (κ3) is 3.43. The van der Waals surface area contributed by atoms with Gasteiger partial charge in [-0.3, -0.25) is 4.72 Å². The van der Waals surface area contributed by atoms with E-state index in [0.29, 0.717) is 11.4 Å². The van der Waals surface area contributed by atoms with E-state index in [9.17, 15) is 8.42 Å². The van der Waals surface area contributed by atoms with Crippen LogP contribution in [0.25, 0.3) is 0 Å². The molecule has 0 aliphatic heterocycles. The van der Waals surface area contributed by atoms with Crippen molar-refractivity contribution in [1.82, 2.24) is 0 Å². The van der Waals surface area contributed by atoms with Crippen LogP contribution in [0.5, 0.6) is 5.75 Å². The molecule has 2 rings (SSSR count). The number of hydrogen-bond acceptors (Lipinski definition) is 5. The predicted octanol–water partition coefficient (Wildman–Crippen LogP) is 2.80. The summed E-state index contributed by atoms with van der Waals surface area (Å²) in [6, 6.07) is 11.7. The summed E-state index contributed by atoms with van der Waals surface area (Å²) in [4.78, 5) is 0.852. The normalized spacial score (nSPS) is 11.1. The predicted molar refractivity (Wildman–Crippen MR) is 86.4 cm³/mol. The summed E-state index contributed by atoms with van der Waals surface area (Å²) in [6.07, 6.45) is 1.88. The zero-order chi connectivity index (χ0) is 15.5. The molecule has 112 valence electrons. The number of methoxy groups -OCH3 is 1. The van der Waals surface area contributed by atoms with Gasteiger partial charge in [-0.05, 0) is 36.6 Å². The molecular formula is C14H16N2O3S2. The van der Waals surface area contributed by atoms with Gasteiger partial charge in [0.2, 0.25) is 0 Å². The van der Waals surface area contributed by atoms with Gasteiger partial charge < -0.3 is 10.5 Å². The smallest absolute Gasteiger partial charge is 0.265 e. The van der Waals surface area contributed by atoms with Crippen LogP contribution in [0.15, 0.2) is 52.3 Å². The van der Waals surface area contributed by atoms with Gasteiger partial charge in [0, 0.05) is 10.6 Å². The highest BCUT2D eigenvalue weighted by Gasteiger charge is 2.21. The molecule has 0 heterocycles. The molecule has 0 amide bonds. The van der Waals surface area contributed by atoms with Crippen molar-refractivity contribution in [2.45, 2.75) is 9.79 Å². The maximum absolute atomic E-state index is 12.5. The number of anilines is 2. The number of nitrogen functional groups attached to an aromatic ring is 1. The monoisotopic (exact) mass is 324 g/mol. The molecule has 2 aromatic rings. The highest BCUT2D eigenvalue weighted by Crippen LogP contribution is 2.31. The molecular weight excluding hydrogens is 308 g/mol. The number of para-hydroxylation sites is 1. The molecule has 0 saturated carbocycles. The zero-order valence-electron chi connectivity index (χ0n) is 11.7. The molecule has 0 aliphatic carbocycles. The average molecular weight is 324 g/mol. The lowest BCUT2D eigenvalue weighted by molar-refractivity contribution is 0.403. The van der Waals surface area contributed by atoms with Crippen LogP contribution in [0.4, 0.5) is 11.4 Å². The van der Waals surface area contributed by atoms with Crippen LogP contribution < -0.4 is 15.2 Å². The Morgan fingerprint density at radius 3 is 2.57 bits per heavy atom. The summed E-state index contributed by atoms with van der Waals surface area (Å²) in [6.45, 7) is 0. The summed E-state index contributed by atoms with van der Waals surface area (Å²) in [7, 11) is -2.36. The van der Waals surface area contributed by atoms with E-state index in [0.717, 1.165) is 4.90 Å². The van der Waals surface area contributed by atoms with Crippen molar-refractivity contribution < 1.29 is 13.2 Å². The molecule has 3 N–H and O–H groups in total. The Kier molecular flexibility index (Phi) is 4.64. The first-order chi connectivity index (χ1) is 9.97. The topological polar surface area (TPSA) is 81.4 Å². The number of benzene rings is 2. The van der Waals surface area contributed by atoms with Crippen molar-refractivity contribution in [2.75, 3.05) is 23.8 Å². The summed E-state index contributed by atoms with van der Waals surface area (Å²) >= 11 is 1.46. The lowest BCUT2D eigenvalue weighted by atomic mass is 10.3. The second kappa shape index (κ2) is 6.28. The van der Waals surface area contributed by atoms with Crippen molar-refractivity contribution >= 4 is 33.2 Å². The van der Waals surface area contributed by atoms with Crippen LogP contribution in [-0.2, 0) is 10.0 Å². The third-order valence-electron chi connectivity index (χ3n) is 2.83. The number of rotatable bonds is 5. The van der Waals surface area contributed by atoms with Crippen molar-refractivity contribution in [1.29, 1.82) is 0 Å². The minimum Gasteiger partial charge on any atom is -0.495 e. The SMILES string of the molecule is COc1ccc(N)cc1S(=O)(=O)Nc1ccccc1SC. The van der Waals surface area contributed by atoms with Gasteiger partial charge in [0.15, 0.2) is 0 Å². The number of sulfonamides is 1. The van der Waals surface area contributed by atoms with Gasteiger partial charge in [0.05, 0.1) is 12.8 Å². The fourth-order valence-electron chi connectivity index (χ4n) is 1.83. The highest BCUT2D eigenvalue weighted by molar-refractivity contribution is 7.99. The minimum atomic E-state index is -3.78. The number of thioether (sulfide) groups is 1. The van der Waals surface area contributed by atoms with Gasteiger partial charge in [-0.25, -0.2) is 8.42 Å². The number of ether oxygens (including phenoxy) is 1. The summed E-state index contributed by atoms with van der Waals surface area (Å²) in [5, 5.41) is 0. The third-order valence-corrected chi connectivity index (χ3v) is 5.01. The zero-order valence-corrected chi connectivity index (χ0v) is 13.3.